The van der Waals surface area contributed by atoms with Crippen LogP contribution in [0.5, 0.6) is 0 Å². The highest BCUT2D eigenvalue weighted by Gasteiger charge is 2.32. The molecular formula is C16H31N3O2. The maximum Gasteiger partial charge on any atom is 0.242 e. The van der Waals surface area contributed by atoms with Crippen molar-refractivity contribution < 1.29 is 9.59 Å². The van der Waals surface area contributed by atoms with E-state index in [1.54, 1.807) is 4.90 Å². The zero-order valence-corrected chi connectivity index (χ0v) is 13.8. The molecule has 1 unspecified atom stereocenters. The minimum atomic E-state index is -0.345. The topological polar surface area (TPSA) is 75.4 Å². The van der Waals surface area contributed by atoms with Crippen LogP contribution in [0.4, 0.5) is 0 Å². The third-order valence-electron chi connectivity index (χ3n) is 4.61. The molecule has 1 heterocycles. The Hall–Kier alpha value is -1.10. The molecule has 0 radical (unpaired) electrons. The molecule has 0 aromatic rings. The van der Waals surface area contributed by atoms with Gasteiger partial charge in [-0.2, -0.15) is 0 Å². The van der Waals surface area contributed by atoms with Crippen LogP contribution in [0.25, 0.3) is 0 Å². The fraction of sp³-hybridized carbons (Fsp3) is 0.875. The Morgan fingerprint density at radius 2 is 1.90 bits per heavy atom. The van der Waals surface area contributed by atoms with Gasteiger partial charge in [0, 0.05) is 25.0 Å². The molecule has 0 aliphatic carbocycles. The summed E-state index contributed by atoms with van der Waals surface area (Å²) >= 11 is 0. The van der Waals surface area contributed by atoms with E-state index in [0.717, 1.165) is 38.5 Å². The van der Waals surface area contributed by atoms with Crippen LogP contribution in [-0.2, 0) is 9.59 Å². The first kappa shape index (κ1) is 18.0. The van der Waals surface area contributed by atoms with Gasteiger partial charge < -0.3 is 16.0 Å². The Morgan fingerprint density at radius 1 is 1.24 bits per heavy atom. The highest BCUT2D eigenvalue weighted by atomic mass is 16.2. The predicted octanol–water partition coefficient (Wildman–Crippen LogP) is 1.80. The summed E-state index contributed by atoms with van der Waals surface area (Å²) in [4.78, 5) is 26.3. The van der Waals surface area contributed by atoms with Crippen molar-refractivity contribution in [2.75, 3.05) is 13.1 Å². The predicted molar refractivity (Wildman–Crippen MR) is 84.8 cm³/mol. The smallest absolute Gasteiger partial charge is 0.242 e. The molecule has 0 spiro atoms. The molecule has 21 heavy (non-hydrogen) atoms. The van der Waals surface area contributed by atoms with Gasteiger partial charge in [-0.05, 0) is 38.5 Å². The lowest BCUT2D eigenvalue weighted by atomic mass is 9.93. The minimum Gasteiger partial charge on any atom is -0.352 e. The van der Waals surface area contributed by atoms with Gasteiger partial charge in [-0.15, -0.1) is 0 Å². The van der Waals surface area contributed by atoms with Gasteiger partial charge >= 0.3 is 0 Å². The van der Waals surface area contributed by atoms with Crippen LogP contribution in [0.1, 0.15) is 65.7 Å². The van der Waals surface area contributed by atoms with Gasteiger partial charge in [-0.25, -0.2) is 0 Å². The molecular weight excluding hydrogens is 266 g/mol. The standard InChI is InChI=1S/C16H31N3O2/c1-4-9-14(20)19-11-8-7-10-13(19)15(21)18-12-16(17,5-2)6-3/h13H,4-12,17H2,1-3H3,(H,18,21). The normalized spacial score (nSPS) is 19.4. The number of nitrogens with two attached hydrogens (primary N) is 1. The van der Waals surface area contributed by atoms with Crippen LogP contribution >= 0.6 is 0 Å². The Kier molecular flexibility index (Phi) is 7.15. The molecule has 0 aromatic carbocycles. The zero-order valence-electron chi connectivity index (χ0n) is 13.8. The molecule has 2 amide bonds. The van der Waals surface area contributed by atoms with Crippen LogP contribution in [0.15, 0.2) is 0 Å². The number of carbonyl (C=O) groups is 2. The first-order valence-corrected chi connectivity index (χ1v) is 8.33. The molecule has 1 saturated heterocycles. The van der Waals surface area contributed by atoms with Crippen molar-refractivity contribution in [2.24, 2.45) is 5.73 Å². The lowest BCUT2D eigenvalue weighted by molar-refractivity contribution is -0.142. The van der Waals surface area contributed by atoms with E-state index in [9.17, 15) is 9.59 Å². The molecule has 122 valence electrons. The van der Waals surface area contributed by atoms with Crippen molar-refractivity contribution in [3.8, 4) is 0 Å². The quantitative estimate of drug-likeness (QED) is 0.752. The van der Waals surface area contributed by atoms with Crippen LogP contribution in [0.2, 0.25) is 0 Å². The van der Waals surface area contributed by atoms with E-state index >= 15 is 0 Å². The number of likely N-dealkylation sites (tertiary alicyclic amines) is 1. The van der Waals surface area contributed by atoms with Crippen molar-refractivity contribution in [2.45, 2.75) is 77.3 Å². The second kappa shape index (κ2) is 8.37. The third-order valence-corrected chi connectivity index (χ3v) is 4.61. The fourth-order valence-electron chi connectivity index (χ4n) is 2.74. The molecule has 0 aromatic heterocycles. The number of amides is 2. The molecule has 1 aliphatic heterocycles. The summed E-state index contributed by atoms with van der Waals surface area (Å²) in [6.45, 7) is 7.24. The Labute approximate surface area is 128 Å². The largest absolute Gasteiger partial charge is 0.352 e. The SMILES string of the molecule is CCCC(=O)N1CCCCC1C(=O)NCC(N)(CC)CC. The zero-order chi connectivity index (χ0) is 15.9. The van der Waals surface area contributed by atoms with Gasteiger partial charge in [0.15, 0.2) is 0 Å². The van der Waals surface area contributed by atoms with Gasteiger partial charge in [0.1, 0.15) is 6.04 Å². The fourth-order valence-corrected chi connectivity index (χ4v) is 2.74. The number of piperidine rings is 1. The van der Waals surface area contributed by atoms with E-state index in [-0.39, 0.29) is 23.4 Å². The van der Waals surface area contributed by atoms with Crippen LogP contribution in [-0.4, -0.2) is 41.4 Å². The molecule has 1 aliphatic rings. The maximum absolute atomic E-state index is 12.4. The Balaban J connectivity index is 2.63. The lowest BCUT2D eigenvalue weighted by Gasteiger charge is -2.36. The molecule has 1 rings (SSSR count). The van der Waals surface area contributed by atoms with E-state index < -0.39 is 0 Å². The first-order valence-electron chi connectivity index (χ1n) is 8.33. The van der Waals surface area contributed by atoms with Gasteiger partial charge in [0.2, 0.25) is 11.8 Å². The summed E-state index contributed by atoms with van der Waals surface area (Å²) in [6.07, 6.45) is 5.75. The van der Waals surface area contributed by atoms with E-state index in [1.807, 2.05) is 20.8 Å². The molecule has 0 saturated carbocycles. The summed E-state index contributed by atoms with van der Waals surface area (Å²) in [5, 5.41) is 2.96. The third kappa shape index (κ3) is 4.99. The number of nitrogens with one attached hydrogen (secondary N) is 1. The second-order valence-corrected chi connectivity index (χ2v) is 6.14. The molecule has 1 atom stereocenters. The van der Waals surface area contributed by atoms with Crippen molar-refractivity contribution >= 4 is 11.8 Å². The molecule has 1 fully saturated rings. The lowest BCUT2D eigenvalue weighted by Crippen LogP contribution is -2.56. The number of hydrogen-bond donors (Lipinski definition) is 2. The van der Waals surface area contributed by atoms with Crippen molar-refractivity contribution in [3.63, 3.8) is 0 Å². The van der Waals surface area contributed by atoms with Crippen molar-refractivity contribution in [1.29, 1.82) is 0 Å². The number of hydrogen-bond acceptors (Lipinski definition) is 3. The molecule has 0 bridgehead atoms. The van der Waals surface area contributed by atoms with E-state index in [1.165, 1.54) is 0 Å². The average molecular weight is 297 g/mol. The highest BCUT2D eigenvalue weighted by molar-refractivity contribution is 5.87. The number of carbonyl (C=O) groups excluding carboxylic acids is 2. The summed E-state index contributed by atoms with van der Waals surface area (Å²) in [5.41, 5.74) is 5.88. The minimum absolute atomic E-state index is 0.0455. The van der Waals surface area contributed by atoms with Crippen molar-refractivity contribution in [1.82, 2.24) is 10.2 Å². The van der Waals surface area contributed by atoms with E-state index in [4.69, 9.17) is 5.73 Å². The highest BCUT2D eigenvalue weighted by Crippen LogP contribution is 2.19. The van der Waals surface area contributed by atoms with E-state index in [2.05, 4.69) is 5.32 Å². The van der Waals surface area contributed by atoms with Gasteiger partial charge in [0.25, 0.3) is 0 Å². The van der Waals surface area contributed by atoms with Crippen LogP contribution < -0.4 is 11.1 Å². The molecule has 5 heteroatoms. The summed E-state index contributed by atoms with van der Waals surface area (Å²) in [6, 6.07) is -0.309. The summed E-state index contributed by atoms with van der Waals surface area (Å²) in [7, 11) is 0. The van der Waals surface area contributed by atoms with Gasteiger partial charge in [-0.1, -0.05) is 20.8 Å². The summed E-state index contributed by atoms with van der Waals surface area (Å²) < 4.78 is 0. The van der Waals surface area contributed by atoms with Gasteiger partial charge in [-0.3, -0.25) is 9.59 Å². The van der Waals surface area contributed by atoms with E-state index in [0.29, 0.717) is 19.5 Å². The van der Waals surface area contributed by atoms with Crippen LogP contribution in [0.3, 0.4) is 0 Å². The maximum atomic E-state index is 12.4. The molecule has 5 nitrogen and oxygen atoms in total. The Bertz CT molecular complexity index is 353. The number of nitrogens with zero attached hydrogens (tertiary/aromatic N) is 1. The number of rotatable bonds is 7. The van der Waals surface area contributed by atoms with Gasteiger partial charge in [0.05, 0.1) is 0 Å². The van der Waals surface area contributed by atoms with Crippen LogP contribution in [0, 0.1) is 0 Å². The monoisotopic (exact) mass is 297 g/mol. The molecule has 3 N–H and O–H groups in total. The Morgan fingerprint density at radius 3 is 2.48 bits per heavy atom. The second-order valence-electron chi connectivity index (χ2n) is 6.14. The summed E-state index contributed by atoms with van der Waals surface area (Å²) in [5.74, 6) is 0.0539. The average Bonchev–Trinajstić information content (AvgIpc) is 2.52. The first-order chi connectivity index (χ1) is 9.97. The van der Waals surface area contributed by atoms with Crippen molar-refractivity contribution in [3.05, 3.63) is 0 Å².